The van der Waals surface area contributed by atoms with E-state index in [1.807, 2.05) is 26.0 Å². The molecule has 0 atom stereocenters. The third-order valence-corrected chi connectivity index (χ3v) is 8.95. The molecule has 2 rings (SSSR count). The minimum atomic E-state index is -0.552. The molecule has 0 radical (unpaired) electrons. The molecule has 0 fully saturated rings. The molecule has 2 nitrogen and oxygen atoms in total. The molecular formula is C18H22O2Te. The van der Waals surface area contributed by atoms with Crippen LogP contribution >= 0.6 is 0 Å². The van der Waals surface area contributed by atoms with Gasteiger partial charge in [-0.15, -0.1) is 0 Å². The molecule has 0 heterocycles. The Morgan fingerprint density at radius 1 is 0.619 bits per heavy atom. The summed E-state index contributed by atoms with van der Waals surface area (Å²) in [6.45, 7) is 12.3. The van der Waals surface area contributed by atoms with Crippen molar-refractivity contribution in [3.8, 4) is 11.5 Å². The molecule has 0 aliphatic heterocycles. The number of hydrogen-bond acceptors (Lipinski definition) is 2. The minimum absolute atomic E-state index is 0.386. The average molecular weight is 398 g/mol. The molecule has 0 spiro atoms. The fraction of sp³-hybridized carbons (Fsp3) is 0.333. The zero-order valence-corrected chi connectivity index (χ0v) is 15.8. The molecular weight excluding hydrogens is 376 g/mol. The Balaban J connectivity index is 2.59. The quantitative estimate of drug-likeness (QED) is 0.765. The summed E-state index contributed by atoms with van der Waals surface area (Å²) < 4.78 is 2.79. The van der Waals surface area contributed by atoms with Gasteiger partial charge in [0.25, 0.3) is 0 Å². The van der Waals surface area contributed by atoms with E-state index in [-0.39, 0.29) is 0 Å². The molecule has 2 N–H and O–H groups in total. The van der Waals surface area contributed by atoms with Gasteiger partial charge in [-0.3, -0.25) is 0 Å². The van der Waals surface area contributed by atoms with Crippen molar-refractivity contribution in [1.82, 2.24) is 0 Å². The Kier molecular flexibility index (Phi) is 4.56. The summed E-state index contributed by atoms with van der Waals surface area (Å²) in [7, 11) is 0. The predicted molar refractivity (Wildman–Crippen MR) is 89.7 cm³/mol. The zero-order chi connectivity index (χ0) is 15.9. The molecule has 2 aromatic rings. The number of phenols is 2. The number of benzene rings is 2. The van der Waals surface area contributed by atoms with E-state index in [9.17, 15) is 10.2 Å². The number of phenolic OH excluding ortho intramolecular Hbond substituents is 2. The van der Waals surface area contributed by atoms with Gasteiger partial charge >= 0.3 is 137 Å². The Hall–Kier alpha value is -1.17. The van der Waals surface area contributed by atoms with Crippen molar-refractivity contribution >= 4 is 28.1 Å². The van der Waals surface area contributed by atoms with Gasteiger partial charge < -0.3 is 0 Å². The van der Waals surface area contributed by atoms with Crippen molar-refractivity contribution in [1.29, 1.82) is 0 Å². The van der Waals surface area contributed by atoms with E-state index in [0.717, 1.165) is 11.1 Å². The van der Waals surface area contributed by atoms with E-state index < -0.39 is 20.9 Å². The summed E-state index contributed by atoms with van der Waals surface area (Å²) in [5, 5.41) is 19.9. The predicted octanol–water partition coefficient (Wildman–Crippen LogP) is 2.60. The molecule has 0 aliphatic carbocycles. The number of hydrogen-bond donors (Lipinski definition) is 2. The van der Waals surface area contributed by atoms with Crippen LogP contribution < -0.4 is 7.22 Å². The summed E-state index contributed by atoms with van der Waals surface area (Å²) in [6, 6.07) is 3.75. The van der Waals surface area contributed by atoms with Crippen LogP contribution in [0.15, 0.2) is 12.1 Å². The van der Waals surface area contributed by atoms with Crippen molar-refractivity contribution in [2.75, 3.05) is 0 Å². The second-order valence-electron chi connectivity index (χ2n) is 5.69. The summed E-state index contributed by atoms with van der Waals surface area (Å²) >= 11 is -0.552. The maximum atomic E-state index is 9.94. The maximum absolute atomic E-state index is 9.94. The Morgan fingerprint density at radius 2 is 0.952 bits per heavy atom. The van der Waals surface area contributed by atoms with Gasteiger partial charge in [-0.05, 0) is 0 Å². The van der Waals surface area contributed by atoms with Crippen molar-refractivity contribution in [3.05, 3.63) is 45.5 Å². The summed E-state index contributed by atoms with van der Waals surface area (Å²) in [5.41, 5.74) is 6.71. The first-order chi connectivity index (χ1) is 9.73. The summed E-state index contributed by atoms with van der Waals surface area (Å²) in [5.74, 6) is 0.771. The first-order valence-corrected chi connectivity index (χ1v) is 9.34. The fourth-order valence-corrected chi connectivity index (χ4v) is 6.08. The summed E-state index contributed by atoms with van der Waals surface area (Å²) in [6.07, 6.45) is 0. The van der Waals surface area contributed by atoms with E-state index in [2.05, 4.69) is 27.7 Å². The van der Waals surface area contributed by atoms with Gasteiger partial charge in [-0.25, -0.2) is 0 Å². The van der Waals surface area contributed by atoms with Crippen LogP contribution in [0, 0.1) is 41.5 Å². The molecule has 112 valence electrons. The van der Waals surface area contributed by atoms with Crippen molar-refractivity contribution in [2.45, 2.75) is 41.5 Å². The SMILES string of the molecule is Cc1cc(O)c(C)c(C)c1[Te]c1c(C)cc(O)c(C)c1C. The van der Waals surface area contributed by atoms with Crippen LogP contribution in [0.1, 0.15) is 33.4 Å². The van der Waals surface area contributed by atoms with Gasteiger partial charge in [-0.1, -0.05) is 0 Å². The molecule has 0 saturated carbocycles. The molecule has 0 aromatic heterocycles. The Labute approximate surface area is 136 Å². The summed E-state index contributed by atoms with van der Waals surface area (Å²) in [4.78, 5) is 0. The van der Waals surface area contributed by atoms with Crippen LogP contribution in [0.25, 0.3) is 0 Å². The monoisotopic (exact) mass is 400 g/mol. The van der Waals surface area contributed by atoms with Gasteiger partial charge in [-0.2, -0.15) is 0 Å². The van der Waals surface area contributed by atoms with Crippen LogP contribution in [0.3, 0.4) is 0 Å². The molecule has 3 heteroatoms. The van der Waals surface area contributed by atoms with E-state index in [4.69, 9.17) is 0 Å². The fourth-order valence-electron chi connectivity index (χ4n) is 2.49. The van der Waals surface area contributed by atoms with Crippen LogP contribution in [0.4, 0.5) is 0 Å². The number of aromatic hydroxyl groups is 2. The van der Waals surface area contributed by atoms with E-state index in [1.165, 1.54) is 29.5 Å². The second-order valence-corrected chi connectivity index (χ2v) is 8.60. The number of aryl methyl sites for hydroxylation is 2. The Morgan fingerprint density at radius 3 is 1.29 bits per heavy atom. The molecule has 0 unspecified atom stereocenters. The first-order valence-electron chi connectivity index (χ1n) is 7.01. The molecule has 21 heavy (non-hydrogen) atoms. The average Bonchev–Trinajstić information content (AvgIpc) is 2.42. The Bertz CT molecular complexity index is 657. The topological polar surface area (TPSA) is 40.5 Å². The van der Waals surface area contributed by atoms with E-state index >= 15 is 0 Å². The van der Waals surface area contributed by atoms with Crippen LogP contribution in [0.5, 0.6) is 11.5 Å². The van der Waals surface area contributed by atoms with Gasteiger partial charge in [0.2, 0.25) is 0 Å². The molecule has 0 bridgehead atoms. The van der Waals surface area contributed by atoms with E-state index in [0.29, 0.717) is 11.5 Å². The van der Waals surface area contributed by atoms with Crippen molar-refractivity contribution < 1.29 is 10.2 Å². The standard InChI is InChI=1S/C18H22O2Te/c1-9-7-15(19)11(3)13(5)17(9)21-18-10(2)8-16(20)12(4)14(18)6/h7-8,19-20H,1-6H3. The van der Waals surface area contributed by atoms with Crippen LogP contribution in [0.2, 0.25) is 0 Å². The molecule has 0 amide bonds. The normalized spacial score (nSPS) is 11.0. The van der Waals surface area contributed by atoms with Gasteiger partial charge in [0.1, 0.15) is 0 Å². The second kappa shape index (κ2) is 5.91. The van der Waals surface area contributed by atoms with Gasteiger partial charge in [0.15, 0.2) is 0 Å². The van der Waals surface area contributed by atoms with E-state index in [1.54, 1.807) is 0 Å². The molecule has 0 aliphatic rings. The van der Waals surface area contributed by atoms with Gasteiger partial charge in [0.05, 0.1) is 0 Å². The third-order valence-electron chi connectivity index (χ3n) is 4.20. The van der Waals surface area contributed by atoms with Crippen LogP contribution in [-0.2, 0) is 0 Å². The van der Waals surface area contributed by atoms with Gasteiger partial charge in [0, 0.05) is 0 Å². The zero-order valence-electron chi connectivity index (χ0n) is 13.5. The van der Waals surface area contributed by atoms with Crippen molar-refractivity contribution in [3.63, 3.8) is 0 Å². The molecule has 0 saturated heterocycles. The first kappa shape index (κ1) is 16.2. The molecule has 2 aromatic carbocycles. The van der Waals surface area contributed by atoms with Crippen molar-refractivity contribution in [2.24, 2.45) is 0 Å². The third kappa shape index (κ3) is 2.91. The number of rotatable bonds is 2. The van der Waals surface area contributed by atoms with Crippen LogP contribution in [-0.4, -0.2) is 31.1 Å².